The van der Waals surface area contributed by atoms with E-state index in [0.29, 0.717) is 15.6 Å². The molecule has 0 radical (unpaired) electrons. The van der Waals surface area contributed by atoms with Crippen molar-refractivity contribution in [1.82, 2.24) is 0 Å². The maximum Gasteiger partial charge on any atom is 0.194 e. The summed E-state index contributed by atoms with van der Waals surface area (Å²) >= 11 is 3.13. The molecule has 0 atom stereocenters. The largest absolute Gasteiger partial charge is 0.289 e. The fraction of sp³-hybridized carbons (Fsp3) is 0.0714. The van der Waals surface area contributed by atoms with Gasteiger partial charge in [-0.05, 0) is 64.8 Å². The Morgan fingerprint density at radius 2 is 1.78 bits per heavy atom. The molecule has 0 fully saturated rings. The van der Waals surface area contributed by atoms with E-state index in [1.165, 1.54) is 30.3 Å². The molecule has 4 heteroatoms. The lowest BCUT2D eigenvalue weighted by atomic mass is 10.0. The smallest absolute Gasteiger partial charge is 0.194 e. The van der Waals surface area contributed by atoms with Crippen molar-refractivity contribution in [3.63, 3.8) is 0 Å². The number of carbonyl (C=O) groups excluding carboxylic acids is 1. The zero-order valence-electron chi connectivity index (χ0n) is 9.51. The molecule has 0 unspecified atom stereocenters. The van der Waals surface area contributed by atoms with Crippen molar-refractivity contribution in [3.05, 3.63) is 69.2 Å². The molecule has 0 aliphatic heterocycles. The van der Waals surface area contributed by atoms with Crippen molar-refractivity contribution >= 4 is 21.7 Å². The second-order valence-electron chi connectivity index (χ2n) is 3.97. The maximum atomic E-state index is 13.2. The quantitative estimate of drug-likeness (QED) is 0.757. The highest BCUT2D eigenvalue weighted by atomic mass is 79.9. The van der Waals surface area contributed by atoms with Gasteiger partial charge in [-0.15, -0.1) is 0 Å². The van der Waals surface area contributed by atoms with E-state index in [1.807, 2.05) is 0 Å². The molecule has 0 amide bonds. The van der Waals surface area contributed by atoms with Crippen LogP contribution in [0.4, 0.5) is 8.78 Å². The molecule has 0 aromatic heterocycles. The van der Waals surface area contributed by atoms with E-state index in [0.717, 1.165) is 0 Å². The van der Waals surface area contributed by atoms with Crippen LogP contribution in [0.5, 0.6) is 0 Å². The van der Waals surface area contributed by atoms with Gasteiger partial charge in [0.1, 0.15) is 11.6 Å². The Kier molecular flexibility index (Phi) is 3.57. The topological polar surface area (TPSA) is 17.1 Å². The SMILES string of the molecule is Cc1cc(F)cc(C(=O)c2ccc(F)cc2Br)c1. The minimum absolute atomic E-state index is 0.250. The van der Waals surface area contributed by atoms with Gasteiger partial charge in [0.15, 0.2) is 5.78 Å². The lowest BCUT2D eigenvalue weighted by Crippen LogP contribution is -2.03. The number of halogens is 3. The summed E-state index contributed by atoms with van der Waals surface area (Å²) in [4.78, 5) is 12.2. The van der Waals surface area contributed by atoms with Crippen LogP contribution < -0.4 is 0 Å². The van der Waals surface area contributed by atoms with Crippen molar-refractivity contribution in [2.75, 3.05) is 0 Å². The minimum atomic E-state index is -0.461. The van der Waals surface area contributed by atoms with Gasteiger partial charge in [-0.25, -0.2) is 8.78 Å². The van der Waals surface area contributed by atoms with Gasteiger partial charge in [0, 0.05) is 15.6 Å². The van der Waals surface area contributed by atoms with E-state index < -0.39 is 11.6 Å². The van der Waals surface area contributed by atoms with Crippen molar-refractivity contribution in [3.8, 4) is 0 Å². The van der Waals surface area contributed by atoms with Gasteiger partial charge in [0.2, 0.25) is 0 Å². The summed E-state index contributed by atoms with van der Waals surface area (Å²) in [6.07, 6.45) is 0. The number of ketones is 1. The highest BCUT2D eigenvalue weighted by Crippen LogP contribution is 2.22. The molecular formula is C14H9BrF2O. The average molecular weight is 311 g/mol. The van der Waals surface area contributed by atoms with Crippen LogP contribution in [-0.4, -0.2) is 5.78 Å². The van der Waals surface area contributed by atoms with E-state index in [2.05, 4.69) is 15.9 Å². The van der Waals surface area contributed by atoms with E-state index in [-0.39, 0.29) is 11.3 Å². The van der Waals surface area contributed by atoms with Crippen LogP contribution >= 0.6 is 15.9 Å². The first-order chi connectivity index (χ1) is 8.47. The summed E-state index contributed by atoms with van der Waals surface area (Å²) in [6.45, 7) is 1.71. The summed E-state index contributed by atoms with van der Waals surface area (Å²) in [5.74, 6) is -1.24. The average Bonchev–Trinajstić information content (AvgIpc) is 2.26. The molecular weight excluding hydrogens is 302 g/mol. The Hall–Kier alpha value is -1.55. The molecule has 0 aliphatic carbocycles. The molecule has 92 valence electrons. The zero-order valence-corrected chi connectivity index (χ0v) is 11.1. The van der Waals surface area contributed by atoms with Gasteiger partial charge in [-0.2, -0.15) is 0 Å². The Morgan fingerprint density at radius 3 is 2.39 bits per heavy atom. The molecule has 0 N–H and O–H groups in total. The predicted octanol–water partition coefficient (Wildman–Crippen LogP) is 4.27. The summed E-state index contributed by atoms with van der Waals surface area (Å²) in [5, 5.41) is 0. The lowest BCUT2D eigenvalue weighted by Gasteiger charge is -2.05. The van der Waals surface area contributed by atoms with Crippen LogP contribution in [0.25, 0.3) is 0 Å². The van der Waals surface area contributed by atoms with Gasteiger partial charge in [0.05, 0.1) is 0 Å². The first-order valence-corrected chi connectivity index (χ1v) is 6.03. The van der Waals surface area contributed by atoms with Crippen LogP contribution in [0.1, 0.15) is 21.5 Å². The summed E-state index contributed by atoms with van der Waals surface area (Å²) in [7, 11) is 0. The maximum absolute atomic E-state index is 13.2. The van der Waals surface area contributed by atoms with Crippen molar-refractivity contribution in [2.45, 2.75) is 6.92 Å². The summed E-state index contributed by atoms with van der Waals surface area (Å²) < 4.78 is 26.5. The number of rotatable bonds is 2. The molecule has 0 aliphatic rings. The molecule has 18 heavy (non-hydrogen) atoms. The zero-order chi connectivity index (χ0) is 13.3. The van der Waals surface area contributed by atoms with Gasteiger partial charge in [-0.3, -0.25) is 4.79 Å². The Morgan fingerprint density at radius 1 is 1.06 bits per heavy atom. The van der Waals surface area contributed by atoms with Gasteiger partial charge in [-0.1, -0.05) is 0 Å². The molecule has 0 heterocycles. The summed E-state index contributed by atoms with van der Waals surface area (Å²) in [5.41, 5.74) is 1.22. The lowest BCUT2D eigenvalue weighted by molar-refractivity contribution is 0.103. The number of aryl methyl sites for hydroxylation is 1. The number of hydrogen-bond donors (Lipinski definition) is 0. The minimum Gasteiger partial charge on any atom is -0.289 e. The standard InChI is InChI=1S/C14H9BrF2O/c1-8-4-9(6-11(17)5-8)14(18)12-3-2-10(16)7-13(12)15/h2-7H,1H3. The van der Waals surface area contributed by atoms with Gasteiger partial charge < -0.3 is 0 Å². The monoisotopic (exact) mass is 310 g/mol. The second-order valence-corrected chi connectivity index (χ2v) is 4.82. The molecule has 2 rings (SSSR count). The van der Waals surface area contributed by atoms with Crippen LogP contribution in [-0.2, 0) is 0 Å². The number of hydrogen-bond acceptors (Lipinski definition) is 1. The van der Waals surface area contributed by atoms with Gasteiger partial charge in [0.25, 0.3) is 0 Å². The number of carbonyl (C=O) groups is 1. The van der Waals surface area contributed by atoms with Crippen molar-refractivity contribution < 1.29 is 13.6 Å². The van der Waals surface area contributed by atoms with Gasteiger partial charge >= 0.3 is 0 Å². The number of benzene rings is 2. The molecule has 1 nitrogen and oxygen atoms in total. The van der Waals surface area contributed by atoms with Crippen LogP contribution in [0.15, 0.2) is 40.9 Å². The third kappa shape index (κ3) is 2.64. The molecule has 0 spiro atoms. The van der Waals surface area contributed by atoms with E-state index in [9.17, 15) is 13.6 Å². The van der Waals surface area contributed by atoms with Crippen LogP contribution in [0, 0.1) is 18.6 Å². The Bertz CT molecular complexity index is 603. The highest BCUT2D eigenvalue weighted by Gasteiger charge is 2.14. The third-order valence-corrected chi connectivity index (χ3v) is 3.14. The first kappa shape index (κ1) is 12.9. The molecule has 2 aromatic rings. The Labute approximate surface area is 112 Å². The Balaban J connectivity index is 2.47. The van der Waals surface area contributed by atoms with Crippen molar-refractivity contribution in [2.24, 2.45) is 0 Å². The van der Waals surface area contributed by atoms with Crippen LogP contribution in [0.3, 0.4) is 0 Å². The first-order valence-electron chi connectivity index (χ1n) is 5.24. The highest BCUT2D eigenvalue weighted by molar-refractivity contribution is 9.10. The third-order valence-electron chi connectivity index (χ3n) is 2.48. The van der Waals surface area contributed by atoms with Crippen molar-refractivity contribution in [1.29, 1.82) is 0 Å². The predicted molar refractivity (Wildman–Crippen MR) is 68.7 cm³/mol. The fourth-order valence-electron chi connectivity index (χ4n) is 1.70. The summed E-state index contributed by atoms with van der Waals surface area (Å²) in [6, 6.07) is 7.90. The second kappa shape index (κ2) is 4.98. The molecule has 0 bridgehead atoms. The van der Waals surface area contributed by atoms with E-state index in [4.69, 9.17) is 0 Å². The molecule has 2 aromatic carbocycles. The fourth-order valence-corrected chi connectivity index (χ4v) is 2.23. The van der Waals surface area contributed by atoms with Crippen LogP contribution in [0.2, 0.25) is 0 Å². The molecule has 0 saturated heterocycles. The normalized spacial score (nSPS) is 10.4. The van der Waals surface area contributed by atoms with E-state index >= 15 is 0 Å². The van der Waals surface area contributed by atoms with E-state index in [1.54, 1.807) is 13.0 Å². The molecule has 0 saturated carbocycles.